The smallest absolute Gasteiger partial charge is 0.356 e. The number of nitrogens with zero attached hydrogens (tertiary/aromatic N) is 2. The van der Waals surface area contributed by atoms with E-state index in [-0.39, 0.29) is 0 Å². The van der Waals surface area contributed by atoms with Gasteiger partial charge in [0.05, 0.1) is 11.1 Å². The quantitative estimate of drug-likeness (QED) is 0.500. The maximum atomic E-state index is 13.4. The molecule has 0 saturated carbocycles. The van der Waals surface area contributed by atoms with Crippen LogP contribution in [0, 0.1) is 0 Å². The largest absolute Gasteiger partial charge is 0.511 e. The van der Waals surface area contributed by atoms with Gasteiger partial charge in [-0.25, -0.2) is 13.1 Å². The molecule has 0 aliphatic carbocycles. The molecule has 12 heteroatoms. The predicted molar refractivity (Wildman–Crippen MR) is 124 cm³/mol. The van der Waals surface area contributed by atoms with Crippen LogP contribution in [-0.2, 0) is 10.0 Å². The Morgan fingerprint density at radius 2 is 1.82 bits per heavy atom. The summed E-state index contributed by atoms with van der Waals surface area (Å²) in [6.45, 7) is -0.205. The van der Waals surface area contributed by atoms with E-state index in [0.717, 1.165) is 5.69 Å². The van der Waals surface area contributed by atoms with E-state index in [1.807, 2.05) is 6.07 Å². The van der Waals surface area contributed by atoms with Crippen molar-refractivity contribution in [2.24, 2.45) is 0 Å². The summed E-state index contributed by atoms with van der Waals surface area (Å²) in [5.41, 5.74) is -3.02. The lowest BCUT2D eigenvalue weighted by molar-refractivity contribution is -0.0448. The molecule has 2 N–H and O–H groups in total. The van der Waals surface area contributed by atoms with E-state index in [1.165, 1.54) is 11.1 Å². The number of anilines is 2. The highest BCUT2D eigenvalue weighted by molar-refractivity contribution is 7.90. The molecule has 2 aromatic carbocycles. The summed E-state index contributed by atoms with van der Waals surface area (Å²) in [5, 5.41) is 4.38. The van der Waals surface area contributed by atoms with Gasteiger partial charge in [-0.05, 0) is 61.4 Å². The van der Waals surface area contributed by atoms with Crippen molar-refractivity contribution in [1.29, 1.82) is 0 Å². The number of amides is 1. The van der Waals surface area contributed by atoms with Crippen LogP contribution < -0.4 is 10.0 Å². The lowest BCUT2D eigenvalue weighted by Gasteiger charge is -2.25. The fourth-order valence-electron chi connectivity index (χ4n) is 3.87. The minimum atomic E-state index is -5.49. The minimum Gasteiger partial charge on any atom is -0.356 e. The van der Waals surface area contributed by atoms with Crippen LogP contribution in [-0.4, -0.2) is 48.8 Å². The standard InChI is InChI=1S/C22H20ClF3N4O3S/c23-14-3-5-15(6-4-14)29-16-7-8-20-19(12-16)18(9-10-27-20)21(31)30-11-1-2-17(30)13-28-34(32,33)22(24,25)26/h3-10,12,17,28-29H,1-2,11,13H2. The Hall–Kier alpha value is -2.89. The van der Waals surface area contributed by atoms with Crippen LogP contribution in [0.1, 0.15) is 23.2 Å². The zero-order chi connectivity index (χ0) is 24.5. The number of hydrogen-bond acceptors (Lipinski definition) is 5. The molecular formula is C22H20ClF3N4O3S. The number of carbonyl (C=O) groups is 1. The van der Waals surface area contributed by atoms with Gasteiger partial charge in [0, 0.05) is 47.1 Å². The average Bonchev–Trinajstić information content (AvgIpc) is 3.26. The second kappa shape index (κ2) is 9.40. The number of carbonyl (C=O) groups excluding carboxylic acids is 1. The Morgan fingerprint density at radius 3 is 2.53 bits per heavy atom. The Bertz CT molecular complexity index is 1320. The van der Waals surface area contributed by atoms with Gasteiger partial charge in [0.25, 0.3) is 5.91 Å². The lowest BCUT2D eigenvalue weighted by Crippen LogP contribution is -2.46. The van der Waals surface area contributed by atoms with Crippen molar-refractivity contribution in [2.75, 3.05) is 18.4 Å². The molecule has 1 aliphatic rings. The number of sulfonamides is 1. The van der Waals surface area contributed by atoms with Crippen molar-refractivity contribution in [1.82, 2.24) is 14.6 Å². The molecule has 1 saturated heterocycles. The molecule has 1 fully saturated rings. The van der Waals surface area contributed by atoms with Crippen LogP contribution in [0.5, 0.6) is 0 Å². The Labute approximate surface area is 199 Å². The SMILES string of the molecule is O=C(c1ccnc2ccc(Nc3ccc(Cl)cc3)cc12)N1CCCC1CNS(=O)(=O)C(F)(F)F. The summed E-state index contributed by atoms with van der Waals surface area (Å²) in [7, 11) is -5.49. The Kier molecular flexibility index (Phi) is 6.70. The van der Waals surface area contributed by atoms with Crippen molar-refractivity contribution < 1.29 is 26.4 Å². The van der Waals surface area contributed by atoms with Crippen LogP contribution in [0.15, 0.2) is 54.7 Å². The van der Waals surface area contributed by atoms with Gasteiger partial charge in [-0.2, -0.15) is 13.2 Å². The average molecular weight is 513 g/mol. The summed E-state index contributed by atoms with van der Waals surface area (Å²) in [4.78, 5) is 19.1. The molecule has 1 unspecified atom stereocenters. The lowest BCUT2D eigenvalue weighted by atomic mass is 10.1. The first-order valence-electron chi connectivity index (χ1n) is 10.3. The second-order valence-corrected chi connectivity index (χ2v) is 10.0. The first-order valence-corrected chi connectivity index (χ1v) is 12.2. The summed E-state index contributed by atoms with van der Waals surface area (Å²) in [5.74, 6) is -0.398. The topological polar surface area (TPSA) is 91.4 Å². The minimum absolute atomic E-state index is 0.309. The van der Waals surface area contributed by atoms with E-state index in [0.29, 0.717) is 46.6 Å². The fraction of sp³-hybridized carbons (Fsp3) is 0.273. The highest BCUT2D eigenvalue weighted by atomic mass is 35.5. The van der Waals surface area contributed by atoms with Crippen LogP contribution in [0.25, 0.3) is 10.9 Å². The summed E-state index contributed by atoms with van der Waals surface area (Å²) in [6, 6.07) is 13.3. The molecule has 1 aliphatic heterocycles. The predicted octanol–water partition coefficient (Wildman–Crippen LogP) is 4.68. The van der Waals surface area contributed by atoms with Gasteiger partial charge >= 0.3 is 15.5 Å². The number of halogens is 4. The van der Waals surface area contributed by atoms with Crippen LogP contribution in [0.4, 0.5) is 24.5 Å². The maximum Gasteiger partial charge on any atom is 0.511 e. The van der Waals surface area contributed by atoms with E-state index in [2.05, 4.69) is 10.3 Å². The van der Waals surface area contributed by atoms with Gasteiger partial charge in [-0.1, -0.05) is 11.6 Å². The fourth-order valence-corrected chi connectivity index (χ4v) is 4.57. The number of alkyl halides is 3. The van der Waals surface area contributed by atoms with E-state index in [9.17, 15) is 26.4 Å². The zero-order valence-corrected chi connectivity index (χ0v) is 19.2. The molecule has 0 spiro atoms. The van der Waals surface area contributed by atoms with E-state index in [4.69, 9.17) is 11.6 Å². The maximum absolute atomic E-state index is 13.4. The summed E-state index contributed by atoms with van der Waals surface area (Å²) in [6.07, 6.45) is 2.42. The van der Waals surface area contributed by atoms with Crippen LogP contribution in [0.2, 0.25) is 5.02 Å². The van der Waals surface area contributed by atoms with Crippen molar-refractivity contribution >= 4 is 49.8 Å². The molecule has 1 aromatic heterocycles. The number of rotatable bonds is 6. The zero-order valence-electron chi connectivity index (χ0n) is 17.6. The third kappa shape index (κ3) is 5.11. The van der Waals surface area contributed by atoms with Gasteiger partial charge in [0.15, 0.2) is 0 Å². The highest BCUT2D eigenvalue weighted by Crippen LogP contribution is 2.28. The molecule has 7 nitrogen and oxygen atoms in total. The van der Waals surface area contributed by atoms with Crippen LogP contribution >= 0.6 is 11.6 Å². The number of hydrogen-bond donors (Lipinski definition) is 2. The molecule has 1 amide bonds. The third-order valence-corrected chi connectivity index (χ3v) is 6.96. The first kappa shape index (κ1) is 24.2. The summed E-state index contributed by atoms with van der Waals surface area (Å²) < 4.78 is 62.3. The normalized spacial score (nSPS) is 16.7. The number of fused-ring (bicyclic) bond motifs is 1. The first-order chi connectivity index (χ1) is 16.0. The molecule has 4 rings (SSSR count). The van der Waals surface area contributed by atoms with Gasteiger partial charge in [-0.3, -0.25) is 9.78 Å². The molecule has 34 heavy (non-hydrogen) atoms. The van der Waals surface area contributed by atoms with Crippen LogP contribution in [0.3, 0.4) is 0 Å². The monoisotopic (exact) mass is 512 g/mol. The third-order valence-electron chi connectivity index (χ3n) is 5.56. The number of aromatic nitrogens is 1. The van der Waals surface area contributed by atoms with Gasteiger partial charge in [0.1, 0.15) is 0 Å². The molecule has 3 aromatic rings. The van der Waals surface area contributed by atoms with Crippen molar-refractivity contribution in [3.63, 3.8) is 0 Å². The van der Waals surface area contributed by atoms with Crippen molar-refractivity contribution in [3.05, 3.63) is 65.3 Å². The summed E-state index contributed by atoms with van der Waals surface area (Å²) >= 11 is 5.92. The Balaban J connectivity index is 1.58. The van der Waals surface area contributed by atoms with Gasteiger partial charge in [0.2, 0.25) is 0 Å². The molecule has 1 atom stereocenters. The number of likely N-dealkylation sites (tertiary alicyclic amines) is 1. The highest BCUT2D eigenvalue weighted by Gasteiger charge is 2.46. The number of nitrogens with one attached hydrogen (secondary N) is 2. The van der Waals surface area contributed by atoms with Crippen molar-refractivity contribution in [3.8, 4) is 0 Å². The molecule has 180 valence electrons. The number of benzene rings is 2. The Morgan fingerprint density at radius 1 is 1.12 bits per heavy atom. The number of pyridine rings is 1. The molecular weight excluding hydrogens is 493 g/mol. The van der Waals surface area contributed by atoms with E-state index in [1.54, 1.807) is 47.2 Å². The van der Waals surface area contributed by atoms with E-state index < -0.39 is 34.0 Å². The molecule has 0 bridgehead atoms. The van der Waals surface area contributed by atoms with Gasteiger partial charge in [-0.15, -0.1) is 0 Å². The van der Waals surface area contributed by atoms with Gasteiger partial charge < -0.3 is 10.2 Å². The molecule has 0 radical (unpaired) electrons. The van der Waals surface area contributed by atoms with E-state index >= 15 is 0 Å². The second-order valence-electron chi connectivity index (χ2n) is 7.81. The molecule has 2 heterocycles. The van der Waals surface area contributed by atoms with Crippen molar-refractivity contribution in [2.45, 2.75) is 24.4 Å².